The van der Waals surface area contributed by atoms with Crippen molar-refractivity contribution in [3.8, 4) is 17.1 Å². The summed E-state index contributed by atoms with van der Waals surface area (Å²) in [4.78, 5) is 16.4. The monoisotopic (exact) mass is 382 g/mol. The number of halogens is 1. The molecule has 2 aromatic carbocycles. The van der Waals surface area contributed by atoms with E-state index in [2.05, 4.69) is 31.1 Å². The van der Waals surface area contributed by atoms with Gasteiger partial charge in [-0.05, 0) is 35.2 Å². The van der Waals surface area contributed by atoms with E-state index in [1.807, 2.05) is 6.07 Å². The van der Waals surface area contributed by atoms with Gasteiger partial charge in [-0.1, -0.05) is 39.0 Å². The van der Waals surface area contributed by atoms with E-state index < -0.39 is 5.82 Å². The molecule has 0 saturated heterocycles. The minimum Gasteiger partial charge on any atom is -0.506 e. The van der Waals surface area contributed by atoms with Crippen molar-refractivity contribution in [1.29, 1.82) is 0 Å². The Morgan fingerprint density at radius 2 is 1.96 bits per heavy atom. The lowest BCUT2D eigenvalue weighted by Crippen LogP contribution is -2.15. The van der Waals surface area contributed by atoms with Gasteiger partial charge >= 0.3 is 0 Å². The number of nitrogens with zero attached hydrogens (tertiary/aromatic N) is 1. The third-order valence-corrected chi connectivity index (χ3v) is 4.40. The molecule has 1 heterocycles. The summed E-state index contributed by atoms with van der Waals surface area (Å²) in [7, 11) is 0. The molecule has 0 radical (unpaired) electrons. The maximum Gasteiger partial charge on any atom is 0.224 e. The average molecular weight is 382 g/mol. The van der Waals surface area contributed by atoms with Gasteiger partial charge in [-0.2, -0.15) is 0 Å². The molecule has 0 aliphatic heterocycles. The zero-order valence-electron chi connectivity index (χ0n) is 16.1. The Balaban J connectivity index is 1.63. The summed E-state index contributed by atoms with van der Waals surface area (Å²) < 4.78 is 19.4. The fraction of sp³-hybridized carbons (Fsp3) is 0.273. The second kappa shape index (κ2) is 7.84. The molecule has 5 nitrogen and oxygen atoms in total. The normalized spacial score (nSPS) is 11.4. The van der Waals surface area contributed by atoms with Gasteiger partial charge in [0.15, 0.2) is 11.7 Å². The molecule has 0 aliphatic rings. The Morgan fingerprint density at radius 1 is 1.21 bits per heavy atom. The summed E-state index contributed by atoms with van der Waals surface area (Å²) in [6.45, 7) is 6.17. The zero-order chi connectivity index (χ0) is 20.3. The first kappa shape index (κ1) is 19.6. The lowest BCUT2D eigenvalue weighted by atomic mass is 9.87. The maximum atomic E-state index is 13.8. The number of carbonyl (C=O) groups is 1. The molecule has 3 rings (SSSR count). The van der Waals surface area contributed by atoms with Crippen LogP contribution in [0.4, 0.5) is 10.1 Å². The largest absolute Gasteiger partial charge is 0.506 e. The summed E-state index contributed by atoms with van der Waals surface area (Å²) in [5.41, 5.74) is 1.60. The predicted molar refractivity (Wildman–Crippen MR) is 106 cm³/mol. The smallest absolute Gasteiger partial charge is 0.224 e. The summed E-state index contributed by atoms with van der Waals surface area (Å²) in [6.07, 6.45) is 1.83. The molecule has 0 bridgehead atoms. The van der Waals surface area contributed by atoms with E-state index in [0.717, 1.165) is 5.56 Å². The van der Waals surface area contributed by atoms with Crippen molar-refractivity contribution in [2.45, 2.75) is 39.0 Å². The topological polar surface area (TPSA) is 75.4 Å². The standard InChI is InChI=1S/C22H23FN2O3/c1-22(2,3)14-8-9-18(26)17(12-14)25-20(27)10-11-21-24-13-19(28-21)15-6-4-5-7-16(15)23/h4-9,12-13,26H,10-11H2,1-3H3,(H,25,27). The fourth-order valence-corrected chi connectivity index (χ4v) is 2.75. The highest BCUT2D eigenvalue weighted by molar-refractivity contribution is 5.92. The van der Waals surface area contributed by atoms with Gasteiger partial charge in [0.05, 0.1) is 17.4 Å². The molecule has 1 aromatic heterocycles. The number of anilines is 1. The van der Waals surface area contributed by atoms with Gasteiger partial charge in [0.2, 0.25) is 5.91 Å². The van der Waals surface area contributed by atoms with Crippen molar-refractivity contribution in [2.24, 2.45) is 0 Å². The number of oxazole rings is 1. The highest BCUT2D eigenvalue weighted by Crippen LogP contribution is 2.31. The predicted octanol–water partition coefficient (Wildman–Crippen LogP) is 5.06. The first-order chi connectivity index (χ1) is 13.2. The molecule has 3 aromatic rings. The lowest BCUT2D eigenvalue weighted by molar-refractivity contribution is -0.116. The Hall–Kier alpha value is -3.15. The van der Waals surface area contributed by atoms with Crippen molar-refractivity contribution in [3.63, 3.8) is 0 Å². The van der Waals surface area contributed by atoms with Crippen LogP contribution in [0.25, 0.3) is 11.3 Å². The van der Waals surface area contributed by atoms with Crippen molar-refractivity contribution >= 4 is 11.6 Å². The molecular weight excluding hydrogens is 359 g/mol. The van der Waals surface area contributed by atoms with Crippen LogP contribution in [0, 0.1) is 5.82 Å². The van der Waals surface area contributed by atoms with E-state index in [1.165, 1.54) is 12.3 Å². The second-order valence-corrected chi connectivity index (χ2v) is 7.63. The van der Waals surface area contributed by atoms with Crippen LogP contribution in [0.2, 0.25) is 0 Å². The molecule has 0 aliphatic carbocycles. The van der Waals surface area contributed by atoms with Crippen LogP contribution < -0.4 is 5.32 Å². The van der Waals surface area contributed by atoms with Crippen LogP contribution in [0.3, 0.4) is 0 Å². The van der Waals surface area contributed by atoms with Crippen molar-refractivity contribution < 1.29 is 18.7 Å². The first-order valence-electron chi connectivity index (χ1n) is 9.07. The van der Waals surface area contributed by atoms with Crippen molar-refractivity contribution in [3.05, 3.63) is 65.9 Å². The Kier molecular flexibility index (Phi) is 5.49. The molecule has 0 saturated carbocycles. The number of rotatable bonds is 5. The van der Waals surface area contributed by atoms with E-state index >= 15 is 0 Å². The van der Waals surface area contributed by atoms with Gasteiger partial charge in [-0.15, -0.1) is 0 Å². The van der Waals surface area contributed by atoms with Crippen LogP contribution >= 0.6 is 0 Å². The summed E-state index contributed by atoms with van der Waals surface area (Å²) in [5, 5.41) is 12.7. The van der Waals surface area contributed by atoms with Gasteiger partial charge in [-0.3, -0.25) is 4.79 Å². The SMILES string of the molecule is CC(C)(C)c1ccc(O)c(NC(=O)CCc2ncc(-c3ccccc3F)o2)c1. The summed E-state index contributed by atoms with van der Waals surface area (Å²) in [5.74, 6) is 0.0218. The van der Waals surface area contributed by atoms with E-state index in [-0.39, 0.29) is 29.9 Å². The third kappa shape index (κ3) is 4.57. The van der Waals surface area contributed by atoms with Crippen LogP contribution in [0.5, 0.6) is 5.75 Å². The second-order valence-electron chi connectivity index (χ2n) is 7.63. The third-order valence-electron chi connectivity index (χ3n) is 4.40. The van der Waals surface area contributed by atoms with Crippen LogP contribution in [0.15, 0.2) is 53.1 Å². The van der Waals surface area contributed by atoms with E-state index in [9.17, 15) is 14.3 Å². The molecule has 0 atom stereocenters. The minimum atomic E-state index is -0.392. The molecule has 0 spiro atoms. The number of aryl methyl sites for hydroxylation is 1. The lowest BCUT2D eigenvalue weighted by Gasteiger charge is -2.20. The number of benzene rings is 2. The Labute approximate surface area is 163 Å². The van der Waals surface area contributed by atoms with Gasteiger partial charge in [-0.25, -0.2) is 9.37 Å². The zero-order valence-corrected chi connectivity index (χ0v) is 16.1. The molecule has 6 heteroatoms. The minimum absolute atomic E-state index is 0.0133. The number of nitrogens with one attached hydrogen (secondary N) is 1. The molecule has 28 heavy (non-hydrogen) atoms. The van der Waals surface area contributed by atoms with E-state index in [0.29, 0.717) is 22.9 Å². The average Bonchev–Trinajstić information content (AvgIpc) is 3.10. The molecule has 0 fully saturated rings. The quantitative estimate of drug-likeness (QED) is 0.605. The highest BCUT2D eigenvalue weighted by atomic mass is 19.1. The van der Waals surface area contributed by atoms with Gasteiger partial charge in [0.1, 0.15) is 11.6 Å². The maximum absolute atomic E-state index is 13.8. The summed E-state index contributed by atoms with van der Waals surface area (Å²) in [6, 6.07) is 11.5. The number of phenols is 1. The van der Waals surface area contributed by atoms with E-state index in [1.54, 1.807) is 30.3 Å². The first-order valence-corrected chi connectivity index (χ1v) is 9.07. The number of carbonyl (C=O) groups excluding carboxylic acids is 1. The molecular formula is C22H23FN2O3. The number of phenolic OH excluding ortho intramolecular Hbond substituents is 1. The number of hydrogen-bond acceptors (Lipinski definition) is 4. The number of aromatic hydroxyl groups is 1. The number of aromatic nitrogens is 1. The molecule has 0 unspecified atom stereocenters. The Morgan fingerprint density at radius 3 is 2.68 bits per heavy atom. The van der Waals surface area contributed by atoms with Crippen LogP contribution in [-0.4, -0.2) is 16.0 Å². The van der Waals surface area contributed by atoms with E-state index in [4.69, 9.17) is 4.42 Å². The number of amides is 1. The van der Waals surface area contributed by atoms with Crippen LogP contribution in [0.1, 0.15) is 38.6 Å². The highest BCUT2D eigenvalue weighted by Gasteiger charge is 2.17. The fourth-order valence-electron chi connectivity index (χ4n) is 2.75. The van der Waals surface area contributed by atoms with Gasteiger partial charge < -0.3 is 14.8 Å². The summed E-state index contributed by atoms with van der Waals surface area (Å²) >= 11 is 0. The molecule has 2 N–H and O–H groups in total. The van der Waals surface area contributed by atoms with Crippen LogP contribution in [-0.2, 0) is 16.6 Å². The van der Waals surface area contributed by atoms with Crippen molar-refractivity contribution in [1.82, 2.24) is 4.98 Å². The van der Waals surface area contributed by atoms with Gasteiger partial charge in [0.25, 0.3) is 0 Å². The Bertz CT molecular complexity index is 989. The number of hydrogen-bond donors (Lipinski definition) is 2. The molecule has 1 amide bonds. The van der Waals surface area contributed by atoms with Gasteiger partial charge in [0, 0.05) is 12.8 Å². The van der Waals surface area contributed by atoms with Crippen molar-refractivity contribution in [2.75, 3.05) is 5.32 Å². The molecule has 146 valence electrons.